The molecule has 2 nitrogen and oxygen atoms in total. The van der Waals surface area contributed by atoms with Crippen LogP contribution < -0.4 is 5.73 Å². The molecule has 0 radical (unpaired) electrons. The molecular weight excluding hydrogens is 160 g/mol. The summed E-state index contributed by atoms with van der Waals surface area (Å²) in [7, 11) is 2.20. The average Bonchev–Trinajstić information content (AvgIpc) is 2.02. The van der Waals surface area contributed by atoms with Crippen molar-refractivity contribution >= 4 is 0 Å². The summed E-state index contributed by atoms with van der Waals surface area (Å²) in [5, 5.41) is 0. The second-order valence-electron chi connectivity index (χ2n) is 4.88. The third-order valence-electron chi connectivity index (χ3n) is 3.72. The molecule has 0 aromatic carbocycles. The summed E-state index contributed by atoms with van der Waals surface area (Å²) >= 11 is 0. The maximum Gasteiger partial charge on any atom is 0.00355 e. The SMILES string of the molecule is CC(C)N(C)CCC1(CN)CCC1. The molecule has 1 aliphatic rings. The Morgan fingerprint density at radius 2 is 2.00 bits per heavy atom. The average molecular weight is 184 g/mol. The van der Waals surface area contributed by atoms with Crippen LogP contribution in [0.15, 0.2) is 0 Å². The Balaban J connectivity index is 2.24. The molecule has 0 spiro atoms. The zero-order chi connectivity index (χ0) is 9.90. The Morgan fingerprint density at radius 1 is 1.38 bits per heavy atom. The lowest BCUT2D eigenvalue weighted by atomic mass is 9.66. The van der Waals surface area contributed by atoms with Gasteiger partial charge in [0, 0.05) is 6.04 Å². The predicted molar refractivity (Wildman–Crippen MR) is 57.7 cm³/mol. The monoisotopic (exact) mass is 184 g/mol. The maximum atomic E-state index is 5.81. The van der Waals surface area contributed by atoms with E-state index < -0.39 is 0 Å². The second kappa shape index (κ2) is 4.43. The van der Waals surface area contributed by atoms with Crippen LogP contribution in [-0.4, -0.2) is 31.1 Å². The van der Waals surface area contributed by atoms with Crippen LogP contribution in [0.5, 0.6) is 0 Å². The van der Waals surface area contributed by atoms with E-state index in [0.29, 0.717) is 11.5 Å². The fraction of sp³-hybridized carbons (Fsp3) is 1.00. The quantitative estimate of drug-likeness (QED) is 0.706. The Bertz CT molecular complexity index is 145. The van der Waals surface area contributed by atoms with Crippen LogP contribution >= 0.6 is 0 Å². The second-order valence-corrected chi connectivity index (χ2v) is 4.88. The molecule has 0 aromatic heterocycles. The first-order chi connectivity index (χ1) is 6.09. The summed E-state index contributed by atoms with van der Waals surface area (Å²) in [6.07, 6.45) is 5.39. The van der Waals surface area contributed by atoms with Crippen LogP contribution in [0.1, 0.15) is 39.5 Å². The van der Waals surface area contributed by atoms with E-state index in [9.17, 15) is 0 Å². The van der Waals surface area contributed by atoms with Gasteiger partial charge in [-0.3, -0.25) is 0 Å². The number of hydrogen-bond acceptors (Lipinski definition) is 2. The van der Waals surface area contributed by atoms with Gasteiger partial charge in [-0.05, 0) is 58.7 Å². The van der Waals surface area contributed by atoms with Gasteiger partial charge in [-0.25, -0.2) is 0 Å². The Kier molecular flexibility index (Phi) is 3.74. The zero-order valence-corrected chi connectivity index (χ0v) is 9.34. The number of hydrogen-bond donors (Lipinski definition) is 1. The first-order valence-corrected chi connectivity index (χ1v) is 5.50. The van der Waals surface area contributed by atoms with Gasteiger partial charge in [0.25, 0.3) is 0 Å². The van der Waals surface area contributed by atoms with E-state index in [0.717, 1.165) is 6.54 Å². The number of rotatable bonds is 5. The van der Waals surface area contributed by atoms with Gasteiger partial charge in [0.2, 0.25) is 0 Å². The molecule has 0 aromatic rings. The molecule has 2 N–H and O–H groups in total. The van der Waals surface area contributed by atoms with E-state index in [1.807, 2.05) is 0 Å². The highest BCUT2D eigenvalue weighted by atomic mass is 15.1. The van der Waals surface area contributed by atoms with Crippen molar-refractivity contribution in [3.05, 3.63) is 0 Å². The summed E-state index contributed by atoms with van der Waals surface area (Å²) in [5.41, 5.74) is 6.33. The van der Waals surface area contributed by atoms with Crippen molar-refractivity contribution in [3.63, 3.8) is 0 Å². The van der Waals surface area contributed by atoms with Gasteiger partial charge in [-0.1, -0.05) is 6.42 Å². The summed E-state index contributed by atoms with van der Waals surface area (Å²) in [6, 6.07) is 0.662. The molecule has 0 amide bonds. The molecule has 0 atom stereocenters. The van der Waals surface area contributed by atoms with Crippen LogP contribution in [0.2, 0.25) is 0 Å². The van der Waals surface area contributed by atoms with E-state index in [1.165, 1.54) is 32.2 Å². The first-order valence-electron chi connectivity index (χ1n) is 5.50. The Morgan fingerprint density at radius 3 is 2.31 bits per heavy atom. The van der Waals surface area contributed by atoms with Crippen molar-refractivity contribution in [2.75, 3.05) is 20.1 Å². The first kappa shape index (κ1) is 11.0. The van der Waals surface area contributed by atoms with Gasteiger partial charge < -0.3 is 10.6 Å². The minimum Gasteiger partial charge on any atom is -0.330 e. The summed E-state index contributed by atoms with van der Waals surface area (Å²) < 4.78 is 0. The molecule has 0 bridgehead atoms. The van der Waals surface area contributed by atoms with Crippen molar-refractivity contribution in [2.45, 2.75) is 45.6 Å². The summed E-state index contributed by atoms with van der Waals surface area (Å²) in [5.74, 6) is 0. The Hall–Kier alpha value is -0.0800. The highest BCUT2D eigenvalue weighted by Gasteiger charge is 2.35. The van der Waals surface area contributed by atoms with Crippen molar-refractivity contribution < 1.29 is 0 Å². The van der Waals surface area contributed by atoms with Crippen LogP contribution in [0.25, 0.3) is 0 Å². The van der Waals surface area contributed by atoms with Crippen molar-refractivity contribution in [1.82, 2.24) is 4.90 Å². The van der Waals surface area contributed by atoms with Gasteiger partial charge >= 0.3 is 0 Å². The smallest absolute Gasteiger partial charge is 0.00355 e. The normalized spacial score (nSPS) is 20.8. The highest BCUT2D eigenvalue weighted by Crippen LogP contribution is 2.42. The maximum absolute atomic E-state index is 5.81. The van der Waals surface area contributed by atoms with Gasteiger partial charge in [0.15, 0.2) is 0 Å². The molecule has 13 heavy (non-hydrogen) atoms. The molecule has 0 unspecified atom stereocenters. The van der Waals surface area contributed by atoms with E-state index in [-0.39, 0.29) is 0 Å². The molecule has 1 rings (SSSR count). The van der Waals surface area contributed by atoms with E-state index in [1.54, 1.807) is 0 Å². The van der Waals surface area contributed by atoms with Gasteiger partial charge in [-0.15, -0.1) is 0 Å². The third kappa shape index (κ3) is 2.68. The van der Waals surface area contributed by atoms with E-state index in [4.69, 9.17) is 5.73 Å². The van der Waals surface area contributed by atoms with Gasteiger partial charge in [-0.2, -0.15) is 0 Å². The molecule has 0 aliphatic heterocycles. The van der Waals surface area contributed by atoms with Crippen LogP contribution in [0, 0.1) is 5.41 Å². The van der Waals surface area contributed by atoms with Crippen molar-refractivity contribution in [2.24, 2.45) is 11.1 Å². The fourth-order valence-electron chi connectivity index (χ4n) is 1.90. The zero-order valence-electron chi connectivity index (χ0n) is 9.34. The largest absolute Gasteiger partial charge is 0.330 e. The van der Waals surface area contributed by atoms with Crippen molar-refractivity contribution in [1.29, 1.82) is 0 Å². The highest BCUT2D eigenvalue weighted by molar-refractivity contribution is 4.89. The lowest BCUT2D eigenvalue weighted by molar-refractivity contribution is 0.105. The topological polar surface area (TPSA) is 29.3 Å². The summed E-state index contributed by atoms with van der Waals surface area (Å²) in [6.45, 7) is 6.58. The van der Waals surface area contributed by atoms with E-state index >= 15 is 0 Å². The van der Waals surface area contributed by atoms with Gasteiger partial charge in [0.05, 0.1) is 0 Å². The molecule has 0 saturated heterocycles. The third-order valence-corrected chi connectivity index (χ3v) is 3.72. The molecule has 78 valence electrons. The van der Waals surface area contributed by atoms with E-state index in [2.05, 4.69) is 25.8 Å². The predicted octanol–water partition coefficient (Wildman–Crippen LogP) is 1.85. The lowest BCUT2D eigenvalue weighted by Crippen LogP contribution is -2.41. The van der Waals surface area contributed by atoms with Crippen LogP contribution in [0.4, 0.5) is 0 Å². The minimum atomic E-state index is 0.517. The summed E-state index contributed by atoms with van der Waals surface area (Å²) in [4.78, 5) is 2.41. The standard InChI is InChI=1S/C11H24N2/c1-10(2)13(3)8-7-11(9-12)5-4-6-11/h10H,4-9,12H2,1-3H3. The van der Waals surface area contributed by atoms with Crippen molar-refractivity contribution in [3.8, 4) is 0 Å². The molecule has 0 heterocycles. The Labute approximate surface area is 82.5 Å². The molecule has 1 saturated carbocycles. The minimum absolute atomic E-state index is 0.517. The number of nitrogens with two attached hydrogens (primary N) is 1. The molecule has 1 aliphatic carbocycles. The van der Waals surface area contributed by atoms with Crippen LogP contribution in [0.3, 0.4) is 0 Å². The fourth-order valence-corrected chi connectivity index (χ4v) is 1.90. The number of nitrogens with zero attached hydrogens (tertiary/aromatic N) is 1. The van der Waals surface area contributed by atoms with Gasteiger partial charge in [0.1, 0.15) is 0 Å². The lowest BCUT2D eigenvalue weighted by Gasteiger charge is -2.42. The molecule has 1 fully saturated rings. The molecular formula is C11H24N2. The molecule has 2 heteroatoms. The van der Waals surface area contributed by atoms with Crippen LogP contribution in [-0.2, 0) is 0 Å².